The number of aliphatic carboxylic acids is 1. The summed E-state index contributed by atoms with van der Waals surface area (Å²) in [5.41, 5.74) is 0.421. The van der Waals surface area contributed by atoms with Gasteiger partial charge in [-0.15, -0.1) is 0 Å². The van der Waals surface area contributed by atoms with Crippen LogP contribution in [0.2, 0.25) is 1.41 Å². The number of carboxylic acids is 1. The lowest BCUT2D eigenvalue weighted by Crippen LogP contribution is -2.59. The minimum Gasteiger partial charge on any atom is -0.478 e. The summed E-state index contributed by atoms with van der Waals surface area (Å²) in [6, 6.07) is 4.34. The number of hydrogen-bond donors (Lipinski definition) is 5. The lowest BCUT2D eigenvalue weighted by atomic mass is 9.91. The summed E-state index contributed by atoms with van der Waals surface area (Å²) >= 11 is 3.33. The first-order valence-electron chi connectivity index (χ1n) is 10.4. The van der Waals surface area contributed by atoms with Crippen molar-refractivity contribution < 1.29 is 36.2 Å². The third-order valence-electron chi connectivity index (χ3n) is 5.22. The van der Waals surface area contributed by atoms with E-state index in [1.807, 2.05) is 6.07 Å². The van der Waals surface area contributed by atoms with Crippen LogP contribution >= 0.6 is 15.9 Å². The number of carbonyl (C=O) groups is 2. The smallest absolute Gasteiger partial charge is 0.370 e. The van der Waals surface area contributed by atoms with Crippen LogP contribution in [0.15, 0.2) is 34.5 Å². The maximum atomic E-state index is 12.8. The number of aliphatic hydroxyl groups is 3. The second kappa shape index (κ2) is 9.88. The quantitative estimate of drug-likeness (QED) is 0.344. The predicted octanol–water partition coefficient (Wildman–Crippen LogP) is 0.434. The van der Waals surface area contributed by atoms with Crippen molar-refractivity contribution in [3.05, 3.63) is 40.2 Å². The standard InChI is InChI=1S/C21H23BrN4O7/c1-9(2)20(30)24-17-13(6-16(21(31)32)33-19(17)18(29)15(28)8-27)26-14(7-23)11-5-10(22)3-4-12(11)25-26/h3-6,9,13,15,17-19,27-29H,8H2,1-2H3,(H,24,30)(H,31,32)/t13-,15+,17+,18+,19+/m0/s1/i/hD. The third-order valence-corrected chi connectivity index (χ3v) is 5.71. The fourth-order valence-corrected chi connectivity index (χ4v) is 3.85. The molecule has 0 saturated heterocycles. The first kappa shape index (κ1) is 23.2. The van der Waals surface area contributed by atoms with E-state index in [2.05, 4.69) is 21.0 Å². The van der Waals surface area contributed by atoms with Gasteiger partial charge in [-0.3, -0.25) is 4.79 Å². The molecule has 11 nitrogen and oxygen atoms in total. The van der Waals surface area contributed by atoms with E-state index in [9.17, 15) is 35.3 Å². The Hall–Kier alpha value is -2.98. The molecule has 2 heterocycles. The molecule has 5 N–H and O–H groups in total. The molecule has 0 spiro atoms. The number of nitrogens with one attached hydrogen (secondary N) is 1. The van der Waals surface area contributed by atoms with Crippen LogP contribution in [0, 0.1) is 17.2 Å². The van der Waals surface area contributed by atoms with E-state index in [1.54, 1.807) is 32.0 Å². The molecule has 2 aromatic rings. The summed E-state index contributed by atoms with van der Waals surface area (Å²) in [6.45, 7) is 2.22. The molecule has 176 valence electrons. The van der Waals surface area contributed by atoms with Crippen LogP contribution in [0.4, 0.5) is 0 Å². The molecule has 1 aliphatic heterocycles. The van der Waals surface area contributed by atoms with Crippen LogP contribution in [-0.2, 0) is 14.3 Å². The summed E-state index contributed by atoms with van der Waals surface area (Å²) in [7, 11) is 0. The number of amides is 1. The molecule has 3 rings (SSSR count). The Morgan fingerprint density at radius 1 is 1.42 bits per heavy atom. The summed E-state index contributed by atoms with van der Waals surface area (Å²) in [6.07, 6.45) is -4.18. The number of aromatic nitrogens is 2. The molecule has 1 amide bonds. The zero-order valence-electron chi connectivity index (χ0n) is 18.7. The Kier molecular flexibility index (Phi) is 6.94. The van der Waals surface area contributed by atoms with E-state index < -0.39 is 60.6 Å². The van der Waals surface area contributed by atoms with Gasteiger partial charge in [-0.1, -0.05) is 29.8 Å². The SMILES string of the molecule is [2H]N(C(=O)C(C)C)[C@H]1[C@H]([C@H](O)[C@H](O)CO)OC(C(=O)O)=C[C@@H]1n1nc2ccc(Br)cc2c1C#N. The highest BCUT2D eigenvalue weighted by Gasteiger charge is 2.45. The van der Waals surface area contributed by atoms with Crippen molar-refractivity contribution in [1.29, 1.82) is 5.26 Å². The molecule has 12 heteroatoms. The minimum atomic E-state index is -1.88. The van der Waals surface area contributed by atoms with Crippen molar-refractivity contribution in [2.45, 2.75) is 44.2 Å². The second-order valence-corrected chi connectivity index (χ2v) is 8.74. The van der Waals surface area contributed by atoms with Crippen LogP contribution in [0.5, 0.6) is 0 Å². The van der Waals surface area contributed by atoms with Crippen molar-refractivity contribution >= 4 is 38.7 Å². The molecule has 1 aromatic carbocycles. The summed E-state index contributed by atoms with van der Waals surface area (Å²) in [5.74, 6) is -3.47. The molecule has 1 aliphatic rings. The average Bonchev–Trinajstić information content (AvgIpc) is 3.18. The Balaban J connectivity index is 2.28. The number of carboxylic acid groups (broad SMARTS) is 1. The first-order chi connectivity index (χ1) is 16.0. The topological polar surface area (TPSA) is 178 Å². The fraction of sp³-hybridized carbons (Fsp3) is 0.429. The van der Waals surface area contributed by atoms with E-state index in [0.29, 0.717) is 20.7 Å². The number of aliphatic hydroxyl groups excluding tert-OH is 3. The molecule has 0 saturated carbocycles. The molecule has 0 bridgehead atoms. The van der Waals surface area contributed by atoms with Gasteiger partial charge >= 0.3 is 5.97 Å². The van der Waals surface area contributed by atoms with Gasteiger partial charge in [0, 0.05) is 15.8 Å². The maximum absolute atomic E-state index is 12.8. The van der Waals surface area contributed by atoms with E-state index in [0.717, 1.165) is 6.08 Å². The van der Waals surface area contributed by atoms with Crippen LogP contribution in [0.3, 0.4) is 0 Å². The maximum Gasteiger partial charge on any atom is 0.370 e. The van der Waals surface area contributed by atoms with Gasteiger partial charge in [-0.2, -0.15) is 10.4 Å². The molecule has 1 aromatic heterocycles. The predicted molar refractivity (Wildman–Crippen MR) is 118 cm³/mol. The van der Waals surface area contributed by atoms with Gasteiger partial charge in [0.05, 0.1) is 24.2 Å². The van der Waals surface area contributed by atoms with E-state index in [1.165, 1.54) is 4.68 Å². The molecular formula is C21H23BrN4O7. The Bertz CT molecular complexity index is 1180. The highest BCUT2D eigenvalue weighted by molar-refractivity contribution is 9.10. The lowest BCUT2D eigenvalue weighted by molar-refractivity contribution is -0.147. The molecule has 0 aliphatic carbocycles. The number of fused-ring (bicyclic) bond motifs is 1. The number of hydrogen-bond acceptors (Lipinski definition) is 8. The molecule has 0 radical (unpaired) electrons. The van der Waals surface area contributed by atoms with Crippen molar-refractivity contribution in [1.82, 2.24) is 15.1 Å². The zero-order valence-corrected chi connectivity index (χ0v) is 19.2. The van der Waals surface area contributed by atoms with Gasteiger partial charge in [0.15, 0.2) is 1.41 Å². The van der Waals surface area contributed by atoms with Crippen molar-refractivity contribution in [2.75, 3.05) is 6.61 Å². The van der Waals surface area contributed by atoms with Gasteiger partial charge < -0.3 is 30.5 Å². The number of carbonyl (C=O) groups excluding carboxylic acids is 1. The van der Waals surface area contributed by atoms with Crippen LogP contribution < -0.4 is 5.31 Å². The molecular weight excluding hydrogens is 500 g/mol. The van der Waals surface area contributed by atoms with Crippen molar-refractivity contribution in [3.63, 3.8) is 0 Å². The monoisotopic (exact) mass is 523 g/mol. The van der Waals surface area contributed by atoms with E-state index in [-0.39, 0.29) is 5.69 Å². The number of nitriles is 1. The zero-order chi connectivity index (χ0) is 25.3. The largest absolute Gasteiger partial charge is 0.478 e. The van der Waals surface area contributed by atoms with Crippen LogP contribution in [0.25, 0.3) is 10.9 Å². The van der Waals surface area contributed by atoms with Gasteiger partial charge in [-0.05, 0) is 24.3 Å². The number of ether oxygens (including phenoxy) is 1. The van der Waals surface area contributed by atoms with Gasteiger partial charge in [0.25, 0.3) is 0 Å². The summed E-state index contributed by atoms with van der Waals surface area (Å²) in [5, 5.41) is 54.9. The van der Waals surface area contributed by atoms with Crippen molar-refractivity contribution in [2.24, 2.45) is 5.92 Å². The Morgan fingerprint density at radius 3 is 2.70 bits per heavy atom. The highest BCUT2D eigenvalue weighted by atomic mass is 79.9. The van der Waals surface area contributed by atoms with Gasteiger partial charge in [-0.25, -0.2) is 9.48 Å². The van der Waals surface area contributed by atoms with Crippen molar-refractivity contribution in [3.8, 4) is 6.07 Å². The third kappa shape index (κ3) is 4.86. The van der Waals surface area contributed by atoms with Crippen LogP contribution in [0.1, 0.15) is 25.6 Å². The van der Waals surface area contributed by atoms with E-state index >= 15 is 0 Å². The second-order valence-electron chi connectivity index (χ2n) is 7.83. The summed E-state index contributed by atoms with van der Waals surface area (Å²) in [4.78, 5) is 24.6. The van der Waals surface area contributed by atoms with E-state index in [4.69, 9.17) is 6.15 Å². The Labute approximate surface area is 198 Å². The number of rotatable bonds is 7. The molecule has 33 heavy (non-hydrogen) atoms. The number of benzene rings is 1. The first-order valence-corrected chi connectivity index (χ1v) is 10.8. The highest BCUT2D eigenvalue weighted by Crippen LogP contribution is 2.33. The fourth-order valence-electron chi connectivity index (χ4n) is 3.49. The lowest BCUT2D eigenvalue weighted by Gasteiger charge is -2.40. The van der Waals surface area contributed by atoms with Gasteiger partial charge in [0.2, 0.25) is 11.7 Å². The minimum absolute atomic E-state index is 0.0236. The van der Waals surface area contributed by atoms with Crippen LogP contribution in [-0.4, -0.2) is 73.0 Å². The normalized spacial score (nSPS) is 22.7. The van der Waals surface area contributed by atoms with Gasteiger partial charge in [0.1, 0.15) is 30.1 Å². The summed E-state index contributed by atoms with van der Waals surface area (Å²) < 4.78 is 15.8. The molecule has 5 atom stereocenters. The molecule has 0 unspecified atom stereocenters. The molecule has 0 fully saturated rings. The Morgan fingerprint density at radius 2 is 2.12 bits per heavy atom. The average molecular weight is 524 g/mol. The number of halogens is 1. The number of nitrogens with zero attached hydrogens (tertiary/aromatic N) is 3.